The van der Waals surface area contributed by atoms with Crippen molar-refractivity contribution in [2.24, 2.45) is 5.92 Å². The molecule has 57 heavy (non-hydrogen) atoms. The second-order valence-corrected chi connectivity index (χ2v) is 15.9. The normalized spacial score (nSPS) is 19.3. The summed E-state index contributed by atoms with van der Waals surface area (Å²) in [7, 11) is 0. The number of nitrogens with one attached hydrogen (secondary N) is 2. The zero-order chi connectivity index (χ0) is 41.0. The maximum atomic E-state index is 12.2. The van der Waals surface area contributed by atoms with Crippen molar-refractivity contribution in [2.45, 2.75) is 83.3 Å². The molecule has 3 atom stereocenters. The van der Waals surface area contributed by atoms with Crippen molar-refractivity contribution in [3.8, 4) is 5.75 Å². The Hall–Kier alpha value is -2.89. The first-order chi connectivity index (χ1) is 25.7. The van der Waals surface area contributed by atoms with Crippen LogP contribution in [0, 0.1) is 19.8 Å². The van der Waals surface area contributed by atoms with E-state index in [1.807, 2.05) is 48.5 Å². The van der Waals surface area contributed by atoms with Crippen molar-refractivity contribution in [3.63, 3.8) is 0 Å². The molecular weight excluding hydrogens is 902 g/mol. The third kappa shape index (κ3) is 11.9. The fourth-order valence-electron chi connectivity index (χ4n) is 7.24. The van der Waals surface area contributed by atoms with E-state index in [1.165, 1.54) is 0 Å². The minimum atomic E-state index is -0.975. The topological polar surface area (TPSA) is 178 Å². The van der Waals surface area contributed by atoms with Crippen molar-refractivity contribution < 1.29 is 104 Å². The van der Waals surface area contributed by atoms with Crippen molar-refractivity contribution in [2.75, 3.05) is 23.9 Å². The van der Waals surface area contributed by atoms with Gasteiger partial charge in [-0.2, -0.15) is 0 Å². The van der Waals surface area contributed by atoms with Crippen LogP contribution in [0.4, 0.5) is 15.3 Å². The van der Waals surface area contributed by atoms with Gasteiger partial charge in [0.2, 0.25) is 12.2 Å². The summed E-state index contributed by atoms with van der Waals surface area (Å²) >= 11 is 6.07. The molecule has 7 rings (SSSR count). The SMILES string of the molecule is CC(C)(C)OC([NH-])=O.CC(C)(C)OC([NH-])=O.[CH2-]CC(=O)N1C[C@@H](CCl)c2c1cc(O)c1ccccc21.[CH2-]CC(=O)N1C[C@H]2CC23C1=CC(=O)c1ccccc13.[Y].[Y]. The molecule has 1 saturated carbocycles. The number of benzene rings is 3. The van der Waals surface area contributed by atoms with E-state index in [0.717, 1.165) is 51.8 Å². The fourth-order valence-corrected chi connectivity index (χ4v) is 7.49. The molecule has 3 aromatic rings. The van der Waals surface area contributed by atoms with Gasteiger partial charge in [0.05, 0.1) is 5.69 Å². The molecule has 302 valence electrons. The number of phenols is 1. The standard InChI is InChI=1S/C16H15ClNO2.C16H14NO2.2C5H11NO2.2Y/c1-2-15(20)18-9-10(8-17)16-12-6-4-3-5-11(12)14(19)7-13(16)18;1-2-15(19)17-9-10-8-16(10)12-6-4-3-5-11(12)13(18)7-14(16)17;2*1-5(2,3)8-4(6)7;;/h3-7,10,19H,1-2,8-9H2;3-7,10H,1-2,8-9H2;2*1-3H3,(H2,6,7);;/q2*-1;;;;/p-2/t10-;10-,16?;;;;/m11..../s1. The maximum Gasteiger partial charge on any atom is 0.227 e. The van der Waals surface area contributed by atoms with Crippen LogP contribution in [0.1, 0.15) is 88.2 Å². The van der Waals surface area contributed by atoms with Crippen LogP contribution >= 0.6 is 11.6 Å². The number of carbonyl (C=O) groups is 5. The van der Waals surface area contributed by atoms with Crippen molar-refractivity contribution >= 4 is 57.8 Å². The molecule has 12 nitrogen and oxygen atoms in total. The summed E-state index contributed by atoms with van der Waals surface area (Å²) in [5.74, 6) is 1.19. The second kappa shape index (κ2) is 20.4. The number of anilines is 1. The van der Waals surface area contributed by atoms with Gasteiger partial charge >= 0.3 is 0 Å². The van der Waals surface area contributed by atoms with Gasteiger partial charge in [-0.25, -0.2) is 0 Å². The zero-order valence-electron chi connectivity index (χ0n) is 33.3. The van der Waals surface area contributed by atoms with E-state index >= 15 is 0 Å². The van der Waals surface area contributed by atoms with E-state index in [4.69, 9.17) is 23.1 Å². The molecule has 3 N–H and O–H groups in total. The van der Waals surface area contributed by atoms with Crippen LogP contribution < -0.4 is 4.90 Å². The minimum Gasteiger partial charge on any atom is -0.632 e. The minimum absolute atomic E-state index is 0. The number of piperidine rings is 1. The molecule has 2 radical (unpaired) electrons. The first-order valence-electron chi connectivity index (χ1n) is 17.9. The average Bonchev–Trinajstić information content (AvgIpc) is 3.55. The van der Waals surface area contributed by atoms with Crippen LogP contribution in [0.2, 0.25) is 0 Å². The van der Waals surface area contributed by atoms with Gasteiger partial charge in [0.1, 0.15) is 17.0 Å². The van der Waals surface area contributed by atoms with Gasteiger partial charge in [-0.1, -0.05) is 48.5 Å². The van der Waals surface area contributed by atoms with Crippen molar-refractivity contribution in [1.29, 1.82) is 0 Å². The number of hydrogen-bond donors (Lipinski definition) is 1. The summed E-state index contributed by atoms with van der Waals surface area (Å²) in [4.78, 5) is 59.5. The summed E-state index contributed by atoms with van der Waals surface area (Å²) in [6.45, 7) is 18.9. The van der Waals surface area contributed by atoms with Crippen LogP contribution in [0.25, 0.3) is 22.2 Å². The Kier molecular flexibility index (Phi) is 18.0. The van der Waals surface area contributed by atoms with Gasteiger partial charge in [0.15, 0.2) is 17.6 Å². The molecular formula is C42H49ClN4O8Y2-4. The average molecular weight is 951 g/mol. The molecule has 4 aliphatic rings. The predicted octanol–water partition coefficient (Wildman–Crippen LogP) is 9.47. The van der Waals surface area contributed by atoms with E-state index < -0.39 is 23.4 Å². The zero-order valence-corrected chi connectivity index (χ0v) is 39.7. The number of aromatic hydroxyl groups is 1. The number of allylic oxidation sites excluding steroid dienone is 2. The first-order valence-corrected chi connectivity index (χ1v) is 18.5. The number of alkyl halides is 1. The molecule has 2 aliphatic heterocycles. The van der Waals surface area contributed by atoms with E-state index in [-0.39, 0.29) is 113 Å². The van der Waals surface area contributed by atoms with E-state index in [0.29, 0.717) is 18.3 Å². The number of fused-ring (bicyclic) bond motifs is 4. The molecule has 15 heteroatoms. The third-order valence-corrected chi connectivity index (χ3v) is 9.73. The predicted molar refractivity (Wildman–Crippen MR) is 213 cm³/mol. The summed E-state index contributed by atoms with van der Waals surface area (Å²) < 4.78 is 8.93. The Balaban J connectivity index is 0.000000282. The summed E-state index contributed by atoms with van der Waals surface area (Å²) in [5.41, 5.74) is 16.3. The molecule has 1 unspecified atom stereocenters. The number of amides is 4. The third-order valence-electron chi connectivity index (χ3n) is 9.36. The number of ketones is 1. The smallest absolute Gasteiger partial charge is 0.227 e. The van der Waals surface area contributed by atoms with E-state index in [1.54, 1.807) is 63.5 Å². The Morgan fingerprint density at radius 3 is 1.84 bits per heavy atom. The molecule has 0 bridgehead atoms. The summed E-state index contributed by atoms with van der Waals surface area (Å²) in [5, 5.41) is 11.9. The first kappa shape index (κ1) is 50.3. The monoisotopic (exact) mass is 950 g/mol. The number of phenolic OH excluding ortho intramolecular Hbond substituents is 1. The number of halogens is 1. The van der Waals surface area contributed by atoms with Gasteiger partial charge in [-0.15, -0.1) is 24.4 Å². The Labute approximate surface area is 390 Å². The van der Waals surface area contributed by atoms with Gasteiger partial charge in [0.25, 0.3) is 0 Å². The fraction of sp³-hybridized carbons (Fsp3) is 0.405. The molecule has 3 aromatic carbocycles. The number of hydrogen-bond acceptors (Lipinski definition) is 8. The van der Waals surface area contributed by atoms with Crippen LogP contribution in [-0.2, 0) is 89.9 Å². The Morgan fingerprint density at radius 2 is 1.35 bits per heavy atom. The largest absolute Gasteiger partial charge is 0.632 e. The number of carbonyl (C=O) groups excluding carboxylic acids is 5. The van der Waals surface area contributed by atoms with Crippen molar-refractivity contribution in [1.82, 2.24) is 4.90 Å². The molecule has 1 saturated heterocycles. The van der Waals surface area contributed by atoms with Crippen LogP contribution in [0.15, 0.2) is 66.4 Å². The molecule has 4 amide bonds. The second-order valence-electron chi connectivity index (χ2n) is 15.5. The number of nitrogens with zero attached hydrogens (tertiary/aromatic N) is 2. The molecule has 1 spiro atoms. The van der Waals surface area contributed by atoms with Gasteiger partial charge in [0, 0.05) is 125 Å². The summed E-state index contributed by atoms with van der Waals surface area (Å²) in [6.07, 6.45) is 1.22. The summed E-state index contributed by atoms with van der Waals surface area (Å²) in [6, 6.07) is 17.1. The molecule has 2 heterocycles. The maximum absolute atomic E-state index is 12.2. The van der Waals surface area contributed by atoms with Crippen molar-refractivity contribution in [3.05, 3.63) is 108 Å². The Bertz CT molecular complexity index is 1990. The molecule has 0 aromatic heterocycles. The van der Waals surface area contributed by atoms with Gasteiger partial charge in [-0.05, 0) is 70.4 Å². The Morgan fingerprint density at radius 1 is 0.842 bits per heavy atom. The van der Waals surface area contributed by atoms with Crippen LogP contribution in [0.3, 0.4) is 0 Å². The van der Waals surface area contributed by atoms with Crippen LogP contribution in [-0.4, -0.2) is 70.0 Å². The number of ether oxygens (including phenoxy) is 2. The van der Waals surface area contributed by atoms with Crippen LogP contribution in [0.5, 0.6) is 5.75 Å². The van der Waals surface area contributed by atoms with E-state index in [2.05, 4.69) is 23.3 Å². The van der Waals surface area contributed by atoms with Gasteiger partial charge in [-0.3, -0.25) is 24.0 Å². The molecule has 2 aliphatic carbocycles. The number of rotatable bonds is 3. The van der Waals surface area contributed by atoms with Gasteiger partial charge < -0.3 is 49.7 Å². The van der Waals surface area contributed by atoms with E-state index in [9.17, 15) is 29.1 Å². The molecule has 2 fully saturated rings. The quantitative estimate of drug-likeness (QED) is 0.199. The number of likely N-dealkylation sites (tertiary alicyclic amines) is 1.